The van der Waals surface area contributed by atoms with Gasteiger partial charge < -0.3 is 10.4 Å². The first-order valence-electron chi connectivity index (χ1n) is 13.3. The minimum Gasteiger partial charge on any atom is -0.394 e. The molecule has 0 atom stereocenters. The molecule has 0 fully saturated rings. The molecule has 0 saturated heterocycles. The van der Waals surface area contributed by atoms with Gasteiger partial charge in [-0.1, -0.05) is 78.9 Å². The highest BCUT2D eigenvalue weighted by molar-refractivity contribution is 5.94. The van der Waals surface area contributed by atoms with Gasteiger partial charge in [0, 0.05) is 43.9 Å². The third kappa shape index (κ3) is 4.57. The third-order valence-electron chi connectivity index (χ3n) is 7.69. The zero-order chi connectivity index (χ0) is 26.1. The number of aryl methyl sites for hydroxylation is 1. The molecule has 0 unspecified atom stereocenters. The molecule has 0 radical (unpaired) electrons. The quantitative estimate of drug-likeness (QED) is 0.328. The van der Waals surface area contributed by atoms with E-state index in [1.165, 1.54) is 21.9 Å². The van der Waals surface area contributed by atoms with Crippen LogP contribution < -0.4 is 5.32 Å². The molecule has 2 N–H and O–H groups in total. The van der Waals surface area contributed by atoms with E-state index in [1.54, 1.807) is 0 Å². The zero-order valence-electron chi connectivity index (χ0n) is 21.7. The highest BCUT2D eigenvalue weighted by Gasteiger charge is 2.28. The largest absolute Gasteiger partial charge is 0.394 e. The van der Waals surface area contributed by atoms with E-state index < -0.39 is 0 Å². The molecule has 1 amide bonds. The van der Waals surface area contributed by atoms with Gasteiger partial charge in [-0.3, -0.25) is 14.4 Å². The van der Waals surface area contributed by atoms with Crippen LogP contribution in [0.3, 0.4) is 0 Å². The Bertz CT molecular complexity index is 1630. The Morgan fingerprint density at radius 2 is 1.68 bits per heavy atom. The van der Waals surface area contributed by atoms with Crippen molar-refractivity contribution in [1.82, 2.24) is 20.0 Å². The smallest absolute Gasteiger partial charge is 0.272 e. The lowest BCUT2D eigenvalue weighted by atomic mass is 9.98. The summed E-state index contributed by atoms with van der Waals surface area (Å²) in [7, 11) is 0. The maximum atomic E-state index is 13.5. The molecule has 4 aromatic carbocycles. The summed E-state index contributed by atoms with van der Waals surface area (Å²) in [6, 6.07) is 27.3. The first-order chi connectivity index (χ1) is 18.6. The highest BCUT2D eigenvalue weighted by atomic mass is 16.3. The average molecular weight is 505 g/mol. The summed E-state index contributed by atoms with van der Waals surface area (Å²) in [6.45, 7) is 5.30. The van der Waals surface area contributed by atoms with Crippen LogP contribution in [0.25, 0.3) is 21.5 Å². The second-order valence-corrected chi connectivity index (χ2v) is 10.1. The Kier molecular flexibility index (Phi) is 6.66. The second kappa shape index (κ2) is 10.4. The number of amides is 1. The van der Waals surface area contributed by atoms with E-state index >= 15 is 0 Å². The summed E-state index contributed by atoms with van der Waals surface area (Å²) in [5.74, 6) is -0.173. The molecule has 1 aromatic heterocycles. The molecule has 1 aliphatic rings. The predicted octanol–water partition coefficient (Wildman–Crippen LogP) is 4.98. The minimum atomic E-state index is -0.173. The number of hydrogen-bond acceptors (Lipinski definition) is 4. The Balaban J connectivity index is 1.25. The summed E-state index contributed by atoms with van der Waals surface area (Å²) in [5.41, 5.74) is 6.14. The number of nitrogens with zero attached hydrogens (tertiary/aromatic N) is 3. The van der Waals surface area contributed by atoms with E-state index in [1.807, 2.05) is 22.9 Å². The van der Waals surface area contributed by atoms with Gasteiger partial charge in [-0.25, -0.2) is 0 Å². The molecule has 38 heavy (non-hydrogen) atoms. The van der Waals surface area contributed by atoms with Crippen molar-refractivity contribution < 1.29 is 9.90 Å². The fourth-order valence-corrected chi connectivity index (χ4v) is 5.74. The maximum absolute atomic E-state index is 13.5. The number of benzene rings is 4. The molecule has 6 heteroatoms. The van der Waals surface area contributed by atoms with Crippen LogP contribution in [0.15, 0.2) is 78.9 Å². The van der Waals surface area contributed by atoms with Crippen molar-refractivity contribution in [3.05, 3.63) is 113 Å². The van der Waals surface area contributed by atoms with Crippen LogP contribution in [0.5, 0.6) is 0 Å². The molecule has 5 aromatic rings. The van der Waals surface area contributed by atoms with Gasteiger partial charge in [0.1, 0.15) is 0 Å². The fraction of sp³-hybridized carbons (Fsp3) is 0.250. The monoisotopic (exact) mass is 504 g/mol. The van der Waals surface area contributed by atoms with Crippen LogP contribution in [-0.2, 0) is 32.6 Å². The molecule has 1 aliphatic heterocycles. The molecule has 6 rings (SSSR count). The average Bonchev–Trinajstić information content (AvgIpc) is 3.31. The lowest BCUT2D eigenvalue weighted by molar-refractivity contribution is 0.0942. The Hall–Kier alpha value is -4.00. The number of aliphatic hydroxyl groups is 1. The number of aromatic nitrogens is 2. The van der Waals surface area contributed by atoms with E-state index in [0.717, 1.165) is 47.1 Å². The number of fused-ring (bicyclic) bond motifs is 3. The van der Waals surface area contributed by atoms with Gasteiger partial charge in [-0.2, -0.15) is 5.10 Å². The zero-order valence-corrected chi connectivity index (χ0v) is 21.7. The number of rotatable bonds is 7. The first-order valence-corrected chi connectivity index (χ1v) is 13.3. The van der Waals surface area contributed by atoms with Crippen molar-refractivity contribution in [1.29, 1.82) is 0 Å². The van der Waals surface area contributed by atoms with Crippen molar-refractivity contribution >= 4 is 27.5 Å². The standard InChI is InChI=1S/C32H32N4O2/c1-22-13-14-25(28-12-5-4-10-26(22)28)20-35-16-15-30-29(21-35)31(34-36(30)17-18-37)32(38)33-19-24-9-6-8-23-7-2-3-11-27(23)24/h2-14,37H,15-21H2,1H3,(H,33,38). The molecule has 0 aliphatic carbocycles. The third-order valence-corrected chi connectivity index (χ3v) is 7.69. The normalized spacial score (nSPS) is 13.6. The van der Waals surface area contributed by atoms with Gasteiger partial charge in [0.15, 0.2) is 5.69 Å². The van der Waals surface area contributed by atoms with Crippen molar-refractivity contribution in [2.75, 3.05) is 13.2 Å². The van der Waals surface area contributed by atoms with Crippen LogP contribution in [0.4, 0.5) is 0 Å². The first kappa shape index (κ1) is 24.3. The topological polar surface area (TPSA) is 70.4 Å². The van der Waals surface area contributed by atoms with Crippen LogP contribution >= 0.6 is 0 Å². The number of nitrogens with one attached hydrogen (secondary N) is 1. The van der Waals surface area contributed by atoms with E-state index in [0.29, 0.717) is 25.3 Å². The Morgan fingerprint density at radius 1 is 0.921 bits per heavy atom. The summed E-state index contributed by atoms with van der Waals surface area (Å²) >= 11 is 0. The molecule has 192 valence electrons. The highest BCUT2D eigenvalue weighted by Crippen LogP contribution is 2.28. The molecular weight excluding hydrogens is 472 g/mol. The van der Waals surface area contributed by atoms with Crippen LogP contribution in [0, 0.1) is 6.92 Å². The van der Waals surface area contributed by atoms with Crippen molar-refractivity contribution in [2.24, 2.45) is 0 Å². The fourth-order valence-electron chi connectivity index (χ4n) is 5.74. The van der Waals surface area contributed by atoms with E-state index in [4.69, 9.17) is 0 Å². The summed E-state index contributed by atoms with van der Waals surface area (Å²) in [4.78, 5) is 15.8. The second-order valence-electron chi connectivity index (χ2n) is 10.1. The van der Waals surface area contributed by atoms with Crippen LogP contribution in [0.2, 0.25) is 0 Å². The molecule has 0 spiro atoms. The number of hydrogen-bond donors (Lipinski definition) is 2. The van der Waals surface area contributed by atoms with Crippen LogP contribution in [0.1, 0.15) is 38.4 Å². The summed E-state index contributed by atoms with van der Waals surface area (Å²) in [6.07, 6.45) is 0.794. The molecule has 6 nitrogen and oxygen atoms in total. The molecule has 0 saturated carbocycles. The summed E-state index contributed by atoms with van der Waals surface area (Å²) in [5, 5.41) is 22.3. The minimum absolute atomic E-state index is 0.00967. The number of carbonyl (C=O) groups excluding carboxylic acids is 1. The SMILES string of the molecule is Cc1ccc(CN2CCc3c(c(C(=O)NCc4cccc5ccccc45)nn3CCO)C2)c2ccccc12. The van der Waals surface area contributed by atoms with E-state index in [2.05, 4.69) is 82.9 Å². The molecule has 0 bridgehead atoms. The number of aliphatic hydroxyl groups excluding tert-OH is 1. The Labute approximate surface area is 222 Å². The van der Waals surface area contributed by atoms with E-state index in [9.17, 15) is 9.90 Å². The van der Waals surface area contributed by atoms with Crippen LogP contribution in [-0.4, -0.2) is 38.8 Å². The Morgan fingerprint density at radius 3 is 2.53 bits per heavy atom. The summed E-state index contributed by atoms with van der Waals surface area (Å²) < 4.78 is 1.82. The lowest BCUT2D eigenvalue weighted by Gasteiger charge is -2.28. The lowest BCUT2D eigenvalue weighted by Crippen LogP contribution is -2.32. The molecule has 2 heterocycles. The van der Waals surface area contributed by atoms with Gasteiger partial charge in [-0.05, 0) is 45.2 Å². The van der Waals surface area contributed by atoms with Gasteiger partial charge >= 0.3 is 0 Å². The van der Waals surface area contributed by atoms with Crippen molar-refractivity contribution in [3.63, 3.8) is 0 Å². The van der Waals surface area contributed by atoms with E-state index in [-0.39, 0.29) is 12.5 Å². The van der Waals surface area contributed by atoms with Gasteiger partial charge in [0.05, 0.1) is 13.2 Å². The van der Waals surface area contributed by atoms with Crippen molar-refractivity contribution in [3.8, 4) is 0 Å². The van der Waals surface area contributed by atoms with Gasteiger partial charge in [0.25, 0.3) is 5.91 Å². The number of carbonyl (C=O) groups is 1. The van der Waals surface area contributed by atoms with Crippen molar-refractivity contribution in [2.45, 2.75) is 39.5 Å². The molecular formula is C32H32N4O2. The van der Waals surface area contributed by atoms with Gasteiger partial charge in [-0.15, -0.1) is 0 Å². The van der Waals surface area contributed by atoms with Gasteiger partial charge in [0.2, 0.25) is 0 Å². The predicted molar refractivity (Wildman–Crippen MR) is 151 cm³/mol. The maximum Gasteiger partial charge on any atom is 0.272 e.